The molecule has 1 nitrogen and oxygen atoms in total. The fourth-order valence-corrected chi connectivity index (χ4v) is 3.13. The first kappa shape index (κ1) is 22.7. The van der Waals surface area contributed by atoms with E-state index in [4.69, 9.17) is 4.74 Å². The molecule has 0 aliphatic heterocycles. The van der Waals surface area contributed by atoms with Gasteiger partial charge in [0.25, 0.3) is 0 Å². The van der Waals surface area contributed by atoms with Crippen LogP contribution in [0.5, 0.6) is 0 Å². The molecule has 0 heterocycles. The van der Waals surface area contributed by atoms with E-state index in [-0.39, 0.29) is 0 Å². The third kappa shape index (κ3) is 16.3. The minimum atomic E-state index is 0.784. The second-order valence-electron chi connectivity index (χ2n) is 8.07. The van der Waals surface area contributed by atoms with Gasteiger partial charge in [-0.2, -0.15) is 0 Å². The highest BCUT2D eigenvalue weighted by Gasteiger charge is 2.06. The van der Waals surface area contributed by atoms with Crippen molar-refractivity contribution in [1.82, 2.24) is 0 Å². The standard InChI is InChI=1S/C22H44O/c1-7-23-18-17-22(6)16-10-15-21(5)14-9-13-20(4)12-8-11-19(2)3/h17,19-21H,7-16,18H2,1-6H3/b22-17+. The first-order valence-electron chi connectivity index (χ1n) is 10.2. The van der Waals surface area contributed by atoms with E-state index in [1.165, 1.54) is 63.4 Å². The highest BCUT2D eigenvalue weighted by atomic mass is 16.5. The number of hydrogen-bond acceptors (Lipinski definition) is 1. The van der Waals surface area contributed by atoms with Gasteiger partial charge >= 0.3 is 0 Å². The first-order chi connectivity index (χ1) is 11.0. The third-order valence-corrected chi connectivity index (χ3v) is 4.89. The van der Waals surface area contributed by atoms with Crippen LogP contribution < -0.4 is 0 Å². The molecule has 2 atom stereocenters. The molecule has 0 radical (unpaired) electrons. The van der Waals surface area contributed by atoms with Crippen LogP contribution >= 0.6 is 0 Å². The van der Waals surface area contributed by atoms with Gasteiger partial charge in [-0.15, -0.1) is 0 Å². The van der Waals surface area contributed by atoms with Gasteiger partial charge in [0.2, 0.25) is 0 Å². The molecule has 0 saturated heterocycles. The zero-order chi connectivity index (χ0) is 17.5. The van der Waals surface area contributed by atoms with Crippen molar-refractivity contribution in [1.29, 1.82) is 0 Å². The van der Waals surface area contributed by atoms with Crippen molar-refractivity contribution < 1.29 is 4.74 Å². The summed E-state index contributed by atoms with van der Waals surface area (Å²) in [5.41, 5.74) is 1.49. The molecule has 0 saturated carbocycles. The van der Waals surface area contributed by atoms with Gasteiger partial charge < -0.3 is 4.74 Å². The zero-order valence-corrected chi connectivity index (χ0v) is 17.0. The van der Waals surface area contributed by atoms with Crippen LogP contribution in [0.25, 0.3) is 0 Å². The minimum Gasteiger partial charge on any atom is -0.378 e. The maximum Gasteiger partial charge on any atom is 0.0649 e. The molecule has 2 unspecified atom stereocenters. The molecular weight excluding hydrogens is 280 g/mol. The van der Waals surface area contributed by atoms with Gasteiger partial charge in [-0.3, -0.25) is 0 Å². The summed E-state index contributed by atoms with van der Waals surface area (Å²) in [4.78, 5) is 0. The van der Waals surface area contributed by atoms with E-state index >= 15 is 0 Å². The zero-order valence-electron chi connectivity index (χ0n) is 17.0. The Hall–Kier alpha value is -0.300. The monoisotopic (exact) mass is 324 g/mol. The van der Waals surface area contributed by atoms with E-state index in [9.17, 15) is 0 Å². The van der Waals surface area contributed by atoms with Crippen molar-refractivity contribution in [3.8, 4) is 0 Å². The normalized spacial score (nSPS) is 15.2. The Labute approximate surface area is 147 Å². The summed E-state index contributed by atoms with van der Waals surface area (Å²) in [6.45, 7) is 15.4. The van der Waals surface area contributed by atoms with Gasteiger partial charge in [0.05, 0.1) is 6.61 Å². The SMILES string of the molecule is CCOC/C=C(\C)CCCC(C)CCCC(C)CCCC(C)C. The third-order valence-electron chi connectivity index (χ3n) is 4.89. The maximum absolute atomic E-state index is 5.37. The molecular formula is C22H44O. The summed E-state index contributed by atoms with van der Waals surface area (Å²) in [7, 11) is 0. The molecule has 0 aliphatic carbocycles. The fraction of sp³-hybridized carbons (Fsp3) is 0.909. The average molecular weight is 325 g/mol. The molecule has 0 amide bonds. The van der Waals surface area contributed by atoms with Crippen LogP contribution in [0.1, 0.15) is 99.3 Å². The molecule has 23 heavy (non-hydrogen) atoms. The Morgan fingerprint density at radius 2 is 1.35 bits per heavy atom. The molecule has 1 heteroatoms. The van der Waals surface area contributed by atoms with E-state index in [0.29, 0.717) is 0 Å². The van der Waals surface area contributed by atoms with E-state index in [0.717, 1.165) is 31.0 Å². The number of hydrogen-bond donors (Lipinski definition) is 0. The summed E-state index contributed by atoms with van der Waals surface area (Å²) in [6, 6.07) is 0. The summed E-state index contributed by atoms with van der Waals surface area (Å²) in [6.07, 6.45) is 14.7. The van der Waals surface area contributed by atoms with E-state index in [2.05, 4.69) is 47.6 Å². The largest absolute Gasteiger partial charge is 0.378 e. The van der Waals surface area contributed by atoms with E-state index < -0.39 is 0 Å². The van der Waals surface area contributed by atoms with Gasteiger partial charge in [0, 0.05) is 6.61 Å². The van der Waals surface area contributed by atoms with Crippen LogP contribution in [0.4, 0.5) is 0 Å². The van der Waals surface area contributed by atoms with Gasteiger partial charge in [-0.25, -0.2) is 0 Å². The van der Waals surface area contributed by atoms with Gasteiger partial charge in [0.15, 0.2) is 0 Å². The van der Waals surface area contributed by atoms with Crippen molar-refractivity contribution in [3.05, 3.63) is 11.6 Å². The van der Waals surface area contributed by atoms with Crippen LogP contribution in [0.15, 0.2) is 11.6 Å². The molecule has 0 N–H and O–H groups in total. The molecule has 0 aromatic heterocycles. The highest BCUT2D eigenvalue weighted by Crippen LogP contribution is 2.21. The van der Waals surface area contributed by atoms with Gasteiger partial charge in [0.1, 0.15) is 0 Å². The predicted octanol–water partition coefficient (Wildman–Crippen LogP) is 7.41. The predicted molar refractivity (Wildman–Crippen MR) is 105 cm³/mol. The first-order valence-corrected chi connectivity index (χ1v) is 10.2. The lowest BCUT2D eigenvalue weighted by molar-refractivity contribution is 0.177. The lowest BCUT2D eigenvalue weighted by Crippen LogP contribution is -2.00. The lowest BCUT2D eigenvalue weighted by atomic mass is 9.91. The molecule has 0 bridgehead atoms. The smallest absolute Gasteiger partial charge is 0.0649 e. The lowest BCUT2D eigenvalue weighted by Gasteiger charge is -2.15. The summed E-state index contributed by atoms with van der Waals surface area (Å²) < 4.78 is 5.37. The molecule has 0 aliphatic rings. The molecule has 0 spiro atoms. The topological polar surface area (TPSA) is 9.23 Å². The molecule has 0 aromatic carbocycles. The Morgan fingerprint density at radius 1 is 0.826 bits per heavy atom. The maximum atomic E-state index is 5.37. The van der Waals surface area contributed by atoms with Crippen LogP contribution in [0, 0.1) is 17.8 Å². The number of allylic oxidation sites excluding steroid dienone is 1. The summed E-state index contributed by atoms with van der Waals surface area (Å²) in [5.74, 6) is 2.68. The van der Waals surface area contributed by atoms with Crippen LogP contribution in [-0.4, -0.2) is 13.2 Å². The van der Waals surface area contributed by atoms with Crippen molar-refractivity contribution >= 4 is 0 Å². The second-order valence-corrected chi connectivity index (χ2v) is 8.07. The molecule has 0 rings (SSSR count). The Kier molecular flexibility index (Phi) is 15.0. The average Bonchev–Trinajstić information content (AvgIpc) is 2.47. The van der Waals surface area contributed by atoms with Gasteiger partial charge in [-0.05, 0) is 44.4 Å². The van der Waals surface area contributed by atoms with E-state index in [1.54, 1.807) is 0 Å². The van der Waals surface area contributed by atoms with Crippen LogP contribution in [-0.2, 0) is 4.74 Å². The highest BCUT2D eigenvalue weighted by molar-refractivity contribution is 4.97. The minimum absolute atomic E-state index is 0.784. The van der Waals surface area contributed by atoms with Crippen molar-refractivity contribution in [2.24, 2.45) is 17.8 Å². The number of ether oxygens (including phenoxy) is 1. The fourth-order valence-electron chi connectivity index (χ4n) is 3.13. The van der Waals surface area contributed by atoms with Crippen molar-refractivity contribution in [3.63, 3.8) is 0 Å². The molecule has 0 fully saturated rings. The second kappa shape index (κ2) is 15.2. The molecule has 0 aromatic rings. The summed E-state index contributed by atoms with van der Waals surface area (Å²) >= 11 is 0. The Morgan fingerprint density at radius 3 is 1.87 bits per heavy atom. The Bertz CT molecular complexity index is 280. The molecule has 138 valence electrons. The Balaban J connectivity index is 3.56. The number of rotatable bonds is 15. The van der Waals surface area contributed by atoms with Crippen LogP contribution in [0.3, 0.4) is 0 Å². The van der Waals surface area contributed by atoms with Crippen LogP contribution in [0.2, 0.25) is 0 Å². The summed E-state index contributed by atoms with van der Waals surface area (Å²) in [5, 5.41) is 0. The van der Waals surface area contributed by atoms with E-state index in [1.807, 2.05) is 0 Å². The van der Waals surface area contributed by atoms with Gasteiger partial charge in [-0.1, -0.05) is 84.3 Å². The quantitative estimate of drug-likeness (QED) is 0.225. The van der Waals surface area contributed by atoms with Crippen molar-refractivity contribution in [2.45, 2.75) is 99.3 Å². The van der Waals surface area contributed by atoms with Crippen molar-refractivity contribution in [2.75, 3.05) is 13.2 Å².